The molecule has 1 atom stereocenters. The first-order chi connectivity index (χ1) is 5.02. The Labute approximate surface area is 82.1 Å². The van der Waals surface area contributed by atoms with E-state index in [-0.39, 0.29) is 26.9 Å². The predicted molar refractivity (Wildman–Crippen MR) is 33.7 cm³/mol. The molecular formula is C5H9LiO6. The smallest absolute Gasteiger partial charge is 1.00 e. The molecule has 0 aromatic heterocycles. The van der Waals surface area contributed by atoms with Gasteiger partial charge in [0.1, 0.15) is 12.7 Å². The maximum Gasteiger partial charge on any atom is 1.00 e. The molecule has 0 rings (SSSR count). The molecule has 12 heavy (non-hydrogen) atoms. The molecule has 0 aromatic carbocycles. The van der Waals surface area contributed by atoms with E-state index in [0.29, 0.717) is 0 Å². The van der Waals surface area contributed by atoms with Crippen molar-refractivity contribution < 1.29 is 49.6 Å². The van der Waals surface area contributed by atoms with E-state index in [1.54, 1.807) is 0 Å². The van der Waals surface area contributed by atoms with E-state index in [0.717, 1.165) is 0 Å². The molecule has 0 aliphatic heterocycles. The van der Waals surface area contributed by atoms with E-state index in [2.05, 4.69) is 9.47 Å². The second kappa shape index (κ2) is 6.82. The van der Waals surface area contributed by atoms with Crippen molar-refractivity contribution in [1.82, 2.24) is 0 Å². The van der Waals surface area contributed by atoms with Crippen molar-refractivity contribution in [3.63, 3.8) is 0 Å². The van der Waals surface area contributed by atoms with Gasteiger partial charge in [-0.3, -0.25) is 0 Å². The molecule has 1 unspecified atom stereocenters. The van der Waals surface area contributed by atoms with Gasteiger partial charge in [-0.1, -0.05) is 0 Å². The SMILES string of the molecule is CC(COC(=O)O)OC(=O)O.[H-].[Li+]. The van der Waals surface area contributed by atoms with Gasteiger partial charge in [0, 0.05) is 0 Å². The molecular weight excluding hydrogens is 163 g/mol. The molecule has 0 saturated heterocycles. The third-order valence-electron chi connectivity index (χ3n) is 0.744. The maximum absolute atomic E-state index is 9.83. The summed E-state index contributed by atoms with van der Waals surface area (Å²) in [4.78, 5) is 19.6. The predicted octanol–water partition coefficient (Wildman–Crippen LogP) is -2.12. The normalized spacial score (nSPS) is 10.8. The van der Waals surface area contributed by atoms with Crippen molar-refractivity contribution in [1.29, 1.82) is 0 Å². The fourth-order valence-electron chi connectivity index (χ4n) is 0.395. The molecule has 0 spiro atoms. The van der Waals surface area contributed by atoms with Gasteiger partial charge in [-0.05, 0) is 6.92 Å². The van der Waals surface area contributed by atoms with Crippen LogP contribution in [0.5, 0.6) is 0 Å². The average Bonchev–Trinajstić information content (AvgIpc) is 1.82. The van der Waals surface area contributed by atoms with E-state index in [9.17, 15) is 9.59 Å². The third-order valence-corrected chi connectivity index (χ3v) is 0.744. The quantitative estimate of drug-likeness (QED) is 0.373. The summed E-state index contributed by atoms with van der Waals surface area (Å²) >= 11 is 0. The number of ether oxygens (including phenoxy) is 2. The van der Waals surface area contributed by atoms with E-state index >= 15 is 0 Å². The Morgan fingerprint density at radius 2 is 1.92 bits per heavy atom. The summed E-state index contributed by atoms with van der Waals surface area (Å²) < 4.78 is 8.16. The second-order valence-electron chi connectivity index (χ2n) is 1.77. The Balaban J connectivity index is -0.000000500. The van der Waals surface area contributed by atoms with Crippen molar-refractivity contribution in [3.05, 3.63) is 0 Å². The zero-order valence-electron chi connectivity index (χ0n) is 7.81. The van der Waals surface area contributed by atoms with Gasteiger partial charge in [0.2, 0.25) is 0 Å². The van der Waals surface area contributed by atoms with Crippen LogP contribution in [0.25, 0.3) is 0 Å². The summed E-state index contributed by atoms with van der Waals surface area (Å²) in [5.74, 6) is 0. The molecule has 0 heterocycles. The van der Waals surface area contributed by atoms with Gasteiger partial charge in [0.25, 0.3) is 0 Å². The van der Waals surface area contributed by atoms with Crippen LogP contribution in [-0.4, -0.2) is 35.2 Å². The van der Waals surface area contributed by atoms with Gasteiger partial charge in [0.15, 0.2) is 0 Å². The van der Waals surface area contributed by atoms with Gasteiger partial charge in [-0.15, -0.1) is 0 Å². The Hall–Kier alpha value is -0.863. The van der Waals surface area contributed by atoms with Crippen LogP contribution >= 0.6 is 0 Å². The zero-order valence-corrected chi connectivity index (χ0v) is 6.81. The minimum absolute atomic E-state index is 0. The number of hydrogen-bond donors (Lipinski definition) is 2. The van der Waals surface area contributed by atoms with Crippen LogP contribution in [0, 0.1) is 0 Å². The first-order valence-electron chi connectivity index (χ1n) is 2.77. The number of carbonyl (C=O) groups is 2. The largest absolute Gasteiger partial charge is 1.00 e. The van der Waals surface area contributed by atoms with Gasteiger partial charge >= 0.3 is 31.2 Å². The molecule has 0 aliphatic carbocycles. The Kier molecular flexibility index (Phi) is 7.79. The minimum Gasteiger partial charge on any atom is -1.00 e. The monoisotopic (exact) mass is 172 g/mol. The molecule has 0 aliphatic rings. The number of rotatable bonds is 3. The minimum atomic E-state index is -1.45. The van der Waals surface area contributed by atoms with E-state index in [1.807, 2.05) is 0 Å². The molecule has 6 nitrogen and oxygen atoms in total. The standard InChI is InChI=1S/C5H8O6.Li.H/c1-3(11-5(8)9)2-10-4(6)7;;/h3H,2H2,1H3,(H,6,7)(H,8,9);;/q;+1;-1. The second-order valence-corrected chi connectivity index (χ2v) is 1.77. The van der Waals surface area contributed by atoms with Crippen LogP contribution < -0.4 is 18.9 Å². The van der Waals surface area contributed by atoms with Crippen molar-refractivity contribution in [2.75, 3.05) is 6.61 Å². The molecule has 0 bridgehead atoms. The van der Waals surface area contributed by atoms with Gasteiger partial charge in [-0.2, -0.15) is 0 Å². The third kappa shape index (κ3) is 9.14. The fourth-order valence-corrected chi connectivity index (χ4v) is 0.395. The molecule has 2 N–H and O–H groups in total. The van der Waals surface area contributed by atoms with Crippen LogP contribution in [-0.2, 0) is 9.47 Å². The van der Waals surface area contributed by atoms with Crippen molar-refractivity contribution in [3.8, 4) is 0 Å². The molecule has 0 amide bonds. The van der Waals surface area contributed by atoms with E-state index < -0.39 is 18.4 Å². The summed E-state index contributed by atoms with van der Waals surface area (Å²) in [6, 6.07) is 0. The molecule has 0 fully saturated rings. The first-order valence-corrected chi connectivity index (χ1v) is 2.77. The summed E-state index contributed by atoms with van der Waals surface area (Å²) in [6.07, 6.45) is -3.68. The zero-order chi connectivity index (χ0) is 8.85. The van der Waals surface area contributed by atoms with E-state index in [1.165, 1.54) is 6.92 Å². The summed E-state index contributed by atoms with van der Waals surface area (Å²) in [6.45, 7) is 1.10. The Morgan fingerprint density at radius 3 is 2.25 bits per heavy atom. The molecule has 0 saturated carbocycles. The Morgan fingerprint density at radius 1 is 1.42 bits per heavy atom. The summed E-state index contributed by atoms with van der Waals surface area (Å²) in [5.41, 5.74) is 0. The van der Waals surface area contributed by atoms with Crippen molar-refractivity contribution in [2.45, 2.75) is 13.0 Å². The summed E-state index contributed by atoms with van der Waals surface area (Å²) in [7, 11) is 0. The number of hydrogen-bond acceptors (Lipinski definition) is 4. The van der Waals surface area contributed by atoms with Crippen LogP contribution in [0.3, 0.4) is 0 Å². The topological polar surface area (TPSA) is 93.1 Å². The first kappa shape index (κ1) is 13.7. The summed E-state index contributed by atoms with van der Waals surface area (Å²) in [5, 5.41) is 16.0. The van der Waals surface area contributed by atoms with Gasteiger partial charge in [0.05, 0.1) is 0 Å². The van der Waals surface area contributed by atoms with Gasteiger partial charge in [-0.25, -0.2) is 9.59 Å². The van der Waals surface area contributed by atoms with E-state index in [4.69, 9.17) is 10.2 Å². The molecule has 0 aromatic rings. The molecule has 7 heteroatoms. The molecule has 66 valence electrons. The van der Waals surface area contributed by atoms with Crippen molar-refractivity contribution in [2.24, 2.45) is 0 Å². The Bertz CT molecular complexity index is 163. The van der Waals surface area contributed by atoms with Crippen LogP contribution in [0.1, 0.15) is 8.35 Å². The molecule has 0 radical (unpaired) electrons. The fraction of sp³-hybridized carbons (Fsp3) is 0.600. The maximum atomic E-state index is 9.83. The van der Waals surface area contributed by atoms with Crippen LogP contribution in [0.4, 0.5) is 9.59 Å². The van der Waals surface area contributed by atoms with Crippen LogP contribution in [0.15, 0.2) is 0 Å². The van der Waals surface area contributed by atoms with Gasteiger partial charge < -0.3 is 21.1 Å². The van der Waals surface area contributed by atoms with Crippen LogP contribution in [0.2, 0.25) is 0 Å². The average molecular weight is 172 g/mol. The number of carboxylic acid groups (broad SMARTS) is 2. The van der Waals surface area contributed by atoms with Crippen molar-refractivity contribution >= 4 is 12.3 Å².